The van der Waals surface area contributed by atoms with E-state index in [-0.39, 0.29) is 6.09 Å². The number of carboxylic acids is 1. The maximum Gasteiger partial charge on any atom is 0.409 e. The Bertz CT molecular complexity index is 542. The van der Waals surface area contributed by atoms with Crippen LogP contribution in [0, 0.1) is 0 Å². The molecule has 1 aliphatic rings. The van der Waals surface area contributed by atoms with E-state index in [0.717, 1.165) is 10.5 Å². The van der Waals surface area contributed by atoms with Crippen LogP contribution < -0.4 is 0 Å². The molecule has 126 valence electrons. The predicted molar refractivity (Wildman–Crippen MR) is 88.8 cm³/mol. The van der Waals surface area contributed by atoms with Crippen molar-refractivity contribution in [1.29, 1.82) is 0 Å². The molecule has 1 saturated heterocycles. The van der Waals surface area contributed by atoms with Crippen molar-refractivity contribution in [2.24, 2.45) is 0 Å². The highest BCUT2D eigenvalue weighted by molar-refractivity contribution is 7.98. The summed E-state index contributed by atoms with van der Waals surface area (Å²) in [6.45, 7) is 4.10. The zero-order chi connectivity index (χ0) is 16.8. The zero-order valence-corrected chi connectivity index (χ0v) is 14.2. The Balaban J connectivity index is 2.05. The largest absolute Gasteiger partial charge is 0.480 e. The molecule has 1 amide bonds. The average Bonchev–Trinajstić information content (AvgIpc) is 2.56. The van der Waals surface area contributed by atoms with E-state index in [4.69, 9.17) is 4.74 Å². The van der Waals surface area contributed by atoms with Crippen LogP contribution in [0.1, 0.15) is 18.5 Å². The molecule has 0 unspecified atom stereocenters. The van der Waals surface area contributed by atoms with Gasteiger partial charge in [-0.05, 0) is 30.9 Å². The van der Waals surface area contributed by atoms with Crippen molar-refractivity contribution < 1.29 is 19.4 Å². The van der Waals surface area contributed by atoms with E-state index in [9.17, 15) is 14.7 Å². The summed E-state index contributed by atoms with van der Waals surface area (Å²) < 4.78 is 4.98. The van der Waals surface area contributed by atoms with Crippen LogP contribution in [0.4, 0.5) is 4.79 Å². The lowest BCUT2D eigenvalue weighted by atomic mass is 10.0. The highest BCUT2D eigenvalue weighted by atomic mass is 32.2. The van der Waals surface area contributed by atoms with Crippen molar-refractivity contribution in [3.63, 3.8) is 0 Å². The van der Waals surface area contributed by atoms with Gasteiger partial charge >= 0.3 is 12.1 Å². The monoisotopic (exact) mass is 338 g/mol. The summed E-state index contributed by atoms with van der Waals surface area (Å²) in [5.41, 5.74) is 0.764. The second-order valence-electron chi connectivity index (χ2n) is 5.24. The minimum atomic E-state index is -0.869. The third-order valence-electron chi connectivity index (χ3n) is 3.87. The Kier molecular flexibility index (Phi) is 6.29. The molecule has 0 aliphatic carbocycles. The molecular weight excluding hydrogens is 316 g/mol. The van der Waals surface area contributed by atoms with Gasteiger partial charge in [-0.15, -0.1) is 11.8 Å². The van der Waals surface area contributed by atoms with Gasteiger partial charge in [-0.25, -0.2) is 4.79 Å². The molecule has 0 spiro atoms. The predicted octanol–water partition coefficient (Wildman–Crippen LogP) is 2.31. The first-order valence-corrected chi connectivity index (χ1v) is 8.81. The maximum atomic E-state index is 11.7. The Labute approximate surface area is 140 Å². The van der Waals surface area contributed by atoms with Crippen LogP contribution in [-0.4, -0.2) is 66.0 Å². The molecule has 1 aromatic carbocycles. The Hall–Kier alpha value is -1.73. The van der Waals surface area contributed by atoms with Gasteiger partial charge in [-0.3, -0.25) is 9.69 Å². The van der Waals surface area contributed by atoms with E-state index in [1.807, 2.05) is 35.4 Å². The minimum Gasteiger partial charge on any atom is -0.480 e. The van der Waals surface area contributed by atoms with Gasteiger partial charge in [-0.2, -0.15) is 0 Å². The molecule has 0 radical (unpaired) electrons. The van der Waals surface area contributed by atoms with Crippen molar-refractivity contribution in [3.8, 4) is 0 Å². The highest BCUT2D eigenvalue weighted by Gasteiger charge is 2.31. The lowest BCUT2D eigenvalue weighted by molar-refractivity contribution is -0.144. The molecular formula is C16H22N2O4S. The molecule has 0 saturated carbocycles. The summed E-state index contributed by atoms with van der Waals surface area (Å²) in [7, 11) is 0. The number of carboxylic acid groups (broad SMARTS) is 1. The Morgan fingerprint density at radius 1 is 1.22 bits per heavy atom. The maximum absolute atomic E-state index is 11.7. The van der Waals surface area contributed by atoms with E-state index in [1.54, 1.807) is 23.6 Å². The van der Waals surface area contributed by atoms with Crippen LogP contribution >= 0.6 is 11.8 Å². The Morgan fingerprint density at radius 3 is 2.30 bits per heavy atom. The third kappa shape index (κ3) is 4.39. The molecule has 0 aromatic heterocycles. The fourth-order valence-corrected chi connectivity index (χ4v) is 3.08. The number of aliphatic carboxylic acids is 1. The number of hydrogen-bond donors (Lipinski definition) is 1. The first kappa shape index (κ1) is 17.6. The molecule has 1 N–H and O–H groups in total. The van der Waals surface area contributed by atoms with Gasteiger partial charge in [0.1, 0.15) is 6.04 Å². The van der Waals surface area contributed by atoms with E-state index in [2.05, 4.69) is 0 Å². The van der Waals surface area contributed by atoms with Gasteiger partial charge in [0.2, 0.25) is 0 Å². The standard InChI is InChI=1S/C16H22N2O4S/c1-3-22-16(21)18-10-8-17(9-11-18)14(15(19)20)12-4-6-13(23-2)7-5-12/h4-7,14H,3,8-11H2,1-2H3,(H,19,20)/t14-/m1/s1. The van der Waals surface area contributed by atoms with Crippen LogP contribution in [0.2, 0.25) is 0 Å². The minimum absolute atomic E-state index is 0.330. The first-order chi connectivity index (χ1) is 11.1. The van der Waals surface area contributed by atoms with Crippen LogP contribution in [0.25, 0.3) is 0 Å². The topological polar surface area (TPSA) is 70.1 Å². The number of carbonyl (C=O) groups is 2. The van der Waals surface area contributed by atoms with E-state index in [1.165, 1.54) is 0 Å². The summed E-state index contributed by atoms with van der Waals surface area (Å²) in [6, 6.07) is 6.91. The average molecular weight is 338 g/mol. The first-order valence-electron chi connectivity index (χ1n) is 7.59. The summed E-state index contributed by atoms with van der Waals surface area (Å²) in [6.07, 6.45) is 1.65. The molecule has 6 nitrogen and oxygen atoms in total. The van der Waals surface area contributed by atoms with E-state index in [0.29, 0.717) is 32.8 Å². The van der Waals surface area contributed by atoms with Gasteiger partial charge < -0.3 is 14.7 Å². The molecule has 0 bridgehead atoms. The summed E-state index contributed by atoms with van der Waals surface area (Å²) in [5.74, 6) is -0.869. The number of thioether (sulfide) groups is 1. The lowest BCUT2D eigenvalue weighted by Gasteiger charge is -2.37. The molecule has 1 aliphatic heterocycles. The van der Waals surface area contributed by atoms with Crippen molar-refractivity contribution in [1.82, 2.24) is 9.80 Å². The SMILES string of the molecule is CCOC(=O)N1CCN([C@@H](C(=O)O)c2ccc(SC)cc2)CC1. The van der Waals surface area contributed by atoms with Crippen molar-refractivity contribution in [3.05, 3.63) is 29.8 Å². The fraction of sp³-hybridized carbons (Fsp3) is 0.500. The number of rotatable bonds is 5. The quantitative estimate of drug-likeness (QED) is 0.831. The van der Waals surface area contributed by atoms with Gasteiger partial charge in [0.25, 0.3) is 0 Å². The number of nitrogens with zero attached hydrogens (tertiary/aromatic N) is 2. The molecule has 23 heavy (non-hydrogen) atoms. The Morgan fingerprint density at radius 2 is 1.83 bits per heavy atom. The molecule has 1 heterocycles. The summed E-state index contributed by atoms with van der Waals surface area (Å²) in [5, 5.41) is 9.61. The molecule has 1 atom stereocenters. The number of carbonyl (C=O) groups excluding carboxylic acids is 1. The van der Waals surface area contributed by atoms with Crippen molar-refractivity contribution in [2.45, 2.75) is 17.9 Å². The van der Waals surface area contributed by atoms with Gasteiger partial charge in [0, 0.05) is 31.1 Å². The van der Waals surface area contributed by atoms with Crippen LogP contribution in [0.15, 0.2) is 29.2 Å². The smallest absolute Gasteiger partial charge is 0.409 e. The lowest BCUT2D eigenvalue weighted by Crippen LogP contribution is -2.51. The van der Waals surface area contributed by atoms with Gasteiger partial charge in [0.15, 0.2) is 0 Å². The van der Waals surface area contributed by atoms with Crippen molar-refractivity contribution >= 4 is 23.8 Å². The van der Waals surface area contributed by atoms with E-state index >= 15 is 0 Å². The van der Waals surface area contributed by atoms with Crippen molar-refractivity contribution in [2.75, 3.05) is 39.0 Å². The number of ether oxygens (including phenoxy) is 1. The number of piperazine rings is 1. The summed E-state index contributed by atoms with van der Waals surface area (Å²) in [4.78, 5) is 28.1. The summed E-state index contributed by atoms with van der Waals surface area (Å²) >= 11 is 1.62. The van der Waals surface area contributed by atoms with Gasteiger partial charge in [-0.1, -0.05) is 12.1 Å². The zero-order valence-electron chi connectivity index (χ0n) is 13.4. The molecule has 2 rings (SSSR count). The molecule has 1 fully saturated rings. The third-order valence-corrected chi connectivity index (χ3v) is 4.61. The van der Waals surface area contributed by atoms with Gasteiger partial charge in [0.05, 0.1) is 6.61 Å². The van der Waals surface area contributed by atoms with Crippen LogP contribution in [0.3, 0.4) is 0 Å². The highest BCUT2D eigenvalue weighted by Crippen LogP contribution is 2.25. The van der Waals surface area contributed by atoms with Crippen LogP contribution in [0.5, 0.6) is 0 Å². The second kappa shape index (κ2) is 8.21. The number of amides is 1. The normalized spacial score (nSPS) is 16.9. The molecule has 7 heteroatoms. The second-order valence-corrected chi connectivity index (χ2v) is 6.12. The number of hydrogen-bond acceptors (Lipinski definition) is 5. The number of benzene rings is 1. The van der Waals surface area contributed by atoms with E-state index < -0.39 is 12.0 Å². The molecule has 1 aromatic rings. The van der Waals surface area contributed by atoms with Crippen LogP contribution in [-0.2, 0) is 9.53 Å². The fourth-order valence-electron chi connectivity index (χ4n) is 2.67.